The van der Waals surface area contributed by atoms with Gasteiger partial charge < -0.3 is 20.0 Å². The molecule has 0 bridgehead atoms. The van der Waals surface area contributed by atoms with Gasteiger partial charge in [0.25, 0.3) is 5.91 Å². The van der Waals surface area contributed by atoms with E-state index in [-0.39, 0.29) is 5.91 Å². The molecule has 2 heterocycles. The van der Waals surface area contributed by atoms with Gasteiger partial charge in [-0.05, 0) is 74.6 Å². The first-order valence-electron chi connectivity index (χ1n) is 13.7. The van der Waals surface area contributed by atoms with Gasteiger partial charge >= 0.3 is 0 Å². The van der Waals surface area contributed by atoms with Crippen molar-refractivity contribution in [1.29, 1.82) is 5.26 Å². The van der Waals surface area contributed by atoms with Gasteiger partial charge in [0.05, 0.1) is 11.3 Å². The second kappa shape index (κ2) is 11.2. The number of piperidine rings is 1. The standard InChI is InChI=1S/C32H37N5O/c1-23-8-4-6-10-30(23)36-16-18-37(19-17-36)32(38)28-21-29(25(3)20-24(28)2)34-27-12-14-35(15-13-27)31-11-7-5-9-26(31)22-33/h4-11,20-21,27,34H,12-19H2,1-3H3. The lowest BCUT2D eigenvalue weighted by molar-refractivity contribution is 0.0746. The molecule has 0 aromatic heterocycles. The van der Waals surface area contributed by atoms with Crippen LogP contribution in [0, 0.1) is 32.1 Å². The van der Waals surface area contributed by atoms with Gasteiger partial charge in [-0.3, -0.25) is 4.79 Å². The van der Waals surface area contributed by atoms with Gasteiger partial charge in [0.1, 0.15) is 6.07 Å². The molecule has 3 aromatic rings. The van der Waals surface area contributed by atoms with E-state index in [0.29, 0.717) is 6.04 Å². The summed E-state index contributed by atoms with van der Waals surface area (Å²) in [6, 6.07) is 23.2. The van der Waals surface area contributed by atoms with E-state index in [2.05, 4.69) is 71.4 Å². The molecule has 0 radical (unpaired) electrons. The van der Waals surface area contributed by atoms with E-state index in [9.17, 15) is 10.1 Å². The molecule has 1 N–H and O–H groups in total. The van der Waals surface area contributed by atoms with Crippen LogP contribution in [0.25, 0.3) is 0 Å². The van der Waals surface area contributed by atoms with E-state index < -0.39 is 0 Å². The molecule has 0 unspecified atom stereocenters. The number of anilines is 3. The summed E-state index contributed by atoms with van der Waals surface area (Å²) in [7, 11) is 0. The maximum Gasteiger partial charge on any atom is 0.254 e. The Hall–Kier alpha value is -3.98. The third-order valence-electron chi connectivity index (χ3n) is 8.04. The van der Waals surface area contributed by atoms with E-state index in [1.54, 1.807) is 0 Å². The van der Waals surface area contributed by atoms with Crippen LogP contribution in [0.2, 0.25) is 0 Å². The minimum absolute atomic E-state index is 0.123. The smallest absolute Gasteiger partial charge is 0.254 e. The number of hydrogen-bond donors (Lipinski definition) is 1. The van der Waals surface area contributed by atoms with Gasteiger partial charge in [-0.2, -0.15) is 5.26 Å². The molecule has 2 aliphatic heterocycles. The lowest BCUT2D eigenvalue weighted by atomic mass is 9.99. The first-order valence-corrected chi connectivity index (χ1v) is 13.7. The molecular weight excluding hydrogens is 470 g/mol. The van der Waals surface area contributed by atoms with Crippen molar-refractivity contribution < 1.29 is 4.79 Å². The summed E-state index contributed by atoms with van der Waals surface area (Å²) in [5.74, 6) is 0.123. The van der Waals surface area contributed by atoms with Gasteiger partial charge in [0.2, 0.25) is 0 Å². The number of piperazine rings is 1. The number of amides is 1. The van der Waals surface area contributed by atoms with Gasteiger partial charge in [0.15, 0.2) is 0 Å². The highest BCUT2D eigenvalue weighted by Gasteiger charge is 2.26. The fraction of sp³-hybridized carbons (Fsp3) is 0.375. The highest BCUT2D eigenvalue weighted by atomic mass is 16.2. The molecule has 0 aliphatic carbocycles. The number of para-hydroxylation sites is 2. The lowest BCUT2D eigenvalue weighted by Gasteiger charge is -2.37. The van der Waals surface area contributed by atoms with Crippen molar-refractivity contribution in [2.45, 2.75) is 39.7 Å². The average Bonchev–Trinajstić information content (AvgIpc) is 2.95. The molecule has 6 nitrogen and oxygen atoms in total. The third-order valence-corrected chi connectivity index (χ3v) is 8.04. The van der Waals surface area contributed by atoms with E-state index in [4.69, 9.17) is 0 Å². The summed E-state index contributed by atoms with van der Waals surface area (Å²) in [5, 5.41) is 13.2. The second-order valence-electron chi connectivity index (χ2n) is 10.6. The molecule has 1 amide bonds. The van der Waals surface area contributed by atoms with Crippen LogP contribution in [0.3, 0.4) is 0 Å². The minimum Gasteiger partial charge on any atom is -0.382 e. The summed E-state index contributed by atoms with van der Waals surface area (Å²) in [4.78, 5) is 20.3. The molecule has 2 saturated heterocycles. The second-order valence-corrected chi connectivity index (χ2v) is 10.6. The zero-order chi connectivity index (χ0) is 26.6. The van der Waals surface area contributed by atoms with Crippen LogP contribution < -0.4 is 15.1 Å². The van der Waals surface area contributed by atoms with E-state index in [0.717, 1.165) is 80.2 Å². The summed E-state index contributed by atoms with van der Waals surface area (Å²) in [5.41, 5.74) is 8.34. The number of nitriles is 1. The predicted molar refractivity (Wildman–Crippen MR) is 155 cm³/mol. The van der Waals surface area contributed by atoms with Crippen molar-refractivity contribution in [1.82, 2.24) is 4.90 Å². The zero-order valence-electron chi connectivity index (χ0n) is 22.7. The number of carbonyl (C=O) groups excluding carboxylic acids is 1. The number of hydrogen-bond acceptors (Lipinski definition) is 5. The van der Waals surface area contributed by atoms with Crippen molar-refractivity contribution in [3.8, 4) is 6.07 Å². The van der Waals surface area contributed by atoms with Gasteiger partial charge in [-0.15, -0.1) is 0 Å². The highest BCUT2D eigenvalue weighted by Crippen LogP contribution is 2.28. The summed E-state index contributed by atoms with van der Waals surface area (Å²) in [6.07, 6.45) is 1.97. The minimum atomic E-state index is 0.123. The molecule has 0 atom stereocenters. The number of nitrogens with zero attached hydrogens (tertiary/aromatic N) is 4. The van der Waals surface area contributed by atoms with Crippen LogP contribution in [0.4, 0.5) is 17.1 Å². The van der Waals surface area contributed by atoms with Crippen molar-refractivity contribution in [3.05, 3.63) is 88.5 Å². The van der Waals surface area contributed by atoms with Crippen LogP contribution in [0.5, 0.6) is 0 Å². The quantitative estimate of drug-likeness (QED) is 0.492. The molecule has 0 spiro atoms. The summed E-state index contributed by atoms with van der Waals surface area (Å²) >= 11 is 0. The van der Waals surface area contributed by atoms with E-state index in [1.165, 1.54) is 16.8 Å². The molecular formula is C32H37N5O. The Morgan fingerprint density at radius 2 is 1.42 bits per heavy atom. The average molecular weight is 508 g/mol. The first kappa shape index (κ1) is 25.7. The number of aryl methyl sites for hydroxylation is 3. The van der Waals surface area contributed by atoms with Crippen LogP contribution >= 0.6 is 0 Å². The maximum atomic E-state index is 13.6. The van der Waals surface area contributed by atoms with Crippen molar-refractivity contribution in [3.63, 3.8) is 0 Å². The van der Waals surface area contributed by atoms with Crippen molar-refractivity contribution in [2.24, 2.45) is 0 Å². The fourth-order valence-corrected chi connectivity index (χ4v) is 5.81. The SMILES string of the molecule is Cc1cc(C)c(C(=O)N2CCN(c3ccccc3C)CC2)cc1NC1CCN(c2ccccc2C#N)CC1. The Kier molecular flexibility index (Phi) is 7.55. The Balaban J connectivity index is 1.23. The summed E-state index contributed by atoms with van der Waals surface area (Å²) in [6.45, 7) is 11.3. The molecule has 196 valence electrons. The van der Waals surface area contributed by atoms with E-state index >= 15 is 0 Å². The Labute approximate surface area is 226 Å². The van der Waals surface area contributed by atoms with Crippen molar-refractivity contribution >= 4 is 23.0 Å². The van der Waals surface area contributed by atoms with Crippen LogP contribution in [-0.2, 0) is 0 Å². The summed E-state index contributed by atoms with van der Waals surface area (Å²) < 4.78 is 0. The Bertz CT molecular complexity index is 1340. The Morgan fingerprint density at radius 1 is 0.789 bits per heavy atom. The first-order chi connectivity index (χ1) is 18.4. The number of nitrogens with one attached hydrogen (secondary N) is 1. The third kappa shape index (κ3) is 5.33. The Morgan fingerprint density at radius 3 is 2.11 bits per heavy atom. The predicted octanol–water partition coefficient (Wildman–Crippen LogP) is 5.53. The highest BCUT2D eigenvalue weighted by molar-refractivity contribution is 5.97. The monoisotopic (exact) mass is 507 g/mol. The van der Waals surface area contributed by atoms with Crippen LogP contribution in [0.1, 0.15) is 45.5 Å². The largest absolute Gasteiger partial charge is 0.382 e. The number of benzene rings is 3. The zero-order valence-corrected chi connectivity index (χ0v) is 22.7. The molecule has 5 rings (SSSR count). The maximum absolute atomic E-state index is 13.6. The molecule has 3 aromatic carbocycles. The van der Waals surface area contributed by atoms with E-state index in [1.807, 2.05) is 36.1 Å². The topological polar surface area (TPSA) is 62.6 Å². The molecule has 38 heavy (non-hydrogen) atoms. The molecule has 6 heteroatoms. The molecule has 2 fully saturated rings. The van der Waals surface area contributed by atoms with Crippen molar-refractivity contribution in [2.75, 3.05) is 54.4 Å². The van der Waals surface area contributed by atoms with Crippen LogP contribution in [0.15, 0.2) is 60.7 Å². The van der Waals surface area contributed by atoms with Gasteiger partial charge in [0, 0.05) is 62.2 Å². The van der Waals surface area contributed by atoms with Gasteiger partial charge in [-0.1, -0.05) is 36.4 Å². The molecule has 2 aliphatic rings. The van der Waals surface area contributed by atoms with Crippen LogP contribution in [-0.4, -0.2) is 56.1 Å². The normalized spacial score (nSPS) is 16.3. The number of carbonyl (C=O) groups is 1. The molecule has 0 saturated carbocycles. The fourth-order valence-electron chi connectivity index (χ4n) is 5.81. The lowest BCUT2D eigenvalue weighted by Crippen LogP contribution is -2.49. The number of rotatable bonds is 5. The van der Waals surface area contributed by atoms with Gasteiger partial charge in [-0.25, -0.2) is 0 Å².